The highest BCUT2D eigenvalue weighted by Gasteiger charge is 2.33. The van der Waals surface area contributed by atoms with E-state index in [1.54, 1.807) is 12.1 Å². The summed E-state index contributed by atoms with van der Waals surface area (Å²) in [6.45, 7) is 0.843. The summed E-state index contributed by atoms with van der Waals surface area (Å²) in [5, 5.41) is 3.47. The number of rotatable bonds is 3. The van der Waals surface area contributed by atoms with Crippen molar-refractivity contribution < 1.29 is 17.9 Å². The maximum Gasteiger partial charge on any atom is 0.433 e. The van der Waals surface area contributed by atoms with Crippen LogP contribution in [0.3, 0.4) is 0 Å². The highest BCUT2D eigenvalue weighted by molar-refractivity contribution is 6.32. The van der Waals surface area contributed by atoms with E-state index in [9.17, 15) is 18.0 Å². The lowest BCUT2D eigenvalue weighted by molar-refractivity contribution is -0.141. The summed E-state index contributed by atoms with van der Waals surface area (Å²) in [4.78, 5) is 20.4. The lowest BCUT2D eigenvalue weighted by Gasteiger charge is -2.27. The molecule has 0 radical (unpaired) electrons. The van der Waals surface area contributed by atoms with Gasteiger partial charge in [0.05, 0.1) is 35.4 Å². The number of aromatic nitrogens is 3. The van der Waals surface area contributed by atoms with Gasteiger partial charge in [-0.1, -0.05) is 23.7 Å². The number of para-hydroxylation sites is 1. The molecule has 27 heavy (non-hydrogen) atoms. The molecule has 6 nitrogen and oxygen atoms in total. The quantitative estimate of drug-likeness (QED) is 0.736. The van der Waals surface area contributed by atoms with Crippen LogP contribution < -0.4 is 11.0 Å². The average Bonchev–Trinajstić information content (AvgIpc) is 2.58. The molecule has 0 amide bonds. The van der Waals surface area contributed by atoms with Crippen molar-refractivity contribution in [2.45, 2.75) is 12.2 Å². The summed E-state index contributed by atoms with van der Waals surface area (Å²) in [7, 11) is 0. The predicted molar refractivity (Wildman–Crippen MR) is 93.4 cm³/mol. The summed E-state index contributed by atoms with van der Waals surface area (Å²) in [5.74, 6) is 0.160. The van der Waals surface area contributed by atoms with Gasteiger partial charge in [-0.3, -0.25) is 0 Å². The van der Waals surface area contributed by atoms with Gasteiger partial charge in [0, 0.05) is 0 Å². The number of hydrogen-bond acceptors (Lipinski definition) is 5. The zero-order chi connectivity index (χ0) is 19.2. The summed E-state index contributed by atoms with van der Waals surface area (Å²) in [6, 6.07) is 8.33. The van der Waals surface area contributed by atoms with Crippen molar-refractivity contribution in [2.24, 2.45) is 0 Å². The highest BCUT2D eigenvalue weighted by Crippen LogP contribution is 2.31. The molecule has 0 spiro atoms. The third kappa shape index (κ3) is 3.24. The van der Waals surface area contributed by atoms with Gasteiger partial charge in [-0.05, 0) is 24.3 Å². The standard InChI is InChI=1S/C17H12ClF3N4O2/c18-11-3-1-2-4-12(11)25-15-10(5-6-13(23-15)17(19,20)21)14(24-16(25)26)22-9-7-27-8-9/h1-6,9H,7-8H2,(H,22,24,26). The largest absolute Gasteiger partial charge is 0.433 e. The minimum atomic E-state index is -4.66. The summed E-state index contributed by atoms with van der Waals surface area (Å²) in [5.41, 5.74) is -1.88. The van der Waals surface area contributed by atoms with Crippen LogP contribution in [0.1, 0.15) is 5.69 Å². The molecule has 0 atom stereocenters. The summed E-state index contributed by atoms with van der Waals surface area (Å²) >= 11 is 6.15. The first-order valence-electron chi connectivity index (χ1n) is 7.95. The van der Waals surface area contributed by atoms with Crippen LogP contribution in [0.5, 0.6) is 0 Å². The van der Waals surface area contributed by atoms with Crippen LogP contribution in [0.15, 0.2) is 41.2 Å². The van der Waals surface area contributed by atoms with E-state index in [-0.39, 0.29) is 33.6 Å². The van der Waals surface area contributed by atoms with Gasteiger partial charge in [-0.15, -0.1) is 0 Å². The molecule has 10 heteroatoms. The van der Waals surface area contributed by atoms with E-state index < -0.39 is 17.6 Å². The Hall–Kier alpha value is -2.65. The van der Waals surface area contributed by atoms with Crippen LogP contribution in [0.25, 0.3) is 16.7 Å². The molecule has 0 bridgehead atoms. The van der Waals surface area contributed by atoms with E-state index in [4.69, 9.17) is 16.3 Å². The number of anilines is 1. The topological polar surface area (TPSA) is 69.0 Å². The number of alkyl halides is 3. The number of nitrogens with one attached hydrogen (secondary N) is 1. The molecular formula is C17H12ClF3N4O2. The molecule has 1 aliphatic rings. The number of pyridine rings is 1. The SMILES string of the molecule is O=c1nc(NC2COC2)c2ccc(C(F)(F)F)nc2n1-c1ccccc1Cl. The van der Waals surface area contributed by atoms with Crippen molar-refractivity contribution in [3.63, 3.8) is 0 Å². The van der Waals surface area contributed by atoms with Crippen molar-refractivity contribution in [2.75, 3.05) is 18.5 Å². The van der Waals surface area contributed by atoms with E-state index in [0.29, 0.717) is 13.2 Å². The Morgan fingerprint density at radius 1 is 1.15 bits per heavy atom. The molecule has 0 saturated carbocycles. The lowest BCUT2D eigenvalue weighted by atomic mass is 10.2. The predicted octanol–water partition coefficient (Wildman–Crippen LogP) is 3.26. The Morgan fingerprint density at radius 3 is 2.52 bits per heavy atom. The van der Waals surface area contributed by atoms with E-state index in [1.807, 2.05) is 0 Å². The number of hydrogen-bond donors (Lipinski definition) is 1. The summed E-state index contributed by atoms with van der Waals surface area (Å²) in [6.07, 6.45) is -4.66. The number of nitrogens with zero attached hydrogens (tertiary/aromatic N) is 3. The molecule has 3 aromatic rings. The number of benzene rings is 1. The molecule has 1 saturated heterocycles. The second kappa shape index (κ2) is 6.50. The van der Waals surface area contributed by atoms with E-state index in [1.165, 1.54) is 18.2 Å². The van der Waals surface area contributed by atoms with Crippen LogP contribution in [0, 0.1) is 0 Å². The third-order valence-electron chi connectivity index (χ3n) is 4.10. The van der Waals surface area contributed by atoms with E-state index in [2.05, 4.69) is 15.3 Å². The number of halogens is 4. The first kappa shape index (κ1) is 17.7. The third-order valence-corrected chi connectivity index (χ3v) is 4.42. The van der Waals surface area contributed by atoms with Gasteiger partial charge in [-0.25, -0.2) is 14.3 Å². The van der Waals surface area contributed by atoms with E-state index >= 15 is 0 Å². The monoisotopic (exact) mass is 396 g/mol. The smallest absolute Gasteiger partial charge is 0.377 e. The Balaban J connectivity index is 2.01. The summed E-state index contributed by atoms with van der Waals surface area (Å²) < 4.78 is 45.6. The van der Waals surface area contributed by atoms with Gasteiger partial charge in [-0.2, -0.15) is 18.2 Å². The molecule has 1 fully saturated rings. The Morgan fingerprint density at radius 2 is 1.89 bits per heavy atom. The van der Waals surface area contributed by atoms with Crippen LogP contribution in [-0.2, 0) is 10.9 Å². The zero-order valence-corrected chi connectivity index (χ0v) is 14.4. The van der Waals surface area contributed by atoms with Crippen molar-refractivity contribution in [1.29, 1.82) is 0 Å². The lowest BCUT2D eigenvalue weighted by Crippen LogP contribution is -2.41. The highest BCUT2D eigenvalue weighted by atomic mass is 35.5. The van der Waals surface area contributed by atoms with Crippen LogP contribution in [0.4, 0.5) is 19.0 Å². The second-order valence-electron chi connectivity index (χ2n) is 5.97. The van der Waals surface area contributed by atoms with Gasteiger partial charge in [0.2, 0.25) is 0 Å². The molecule has 2 aromatic heterocycles. The molecule has 1 N–H and O–H groups in total. The molecule has 1 aromatic carbocycles. The number of ether oxygens (including phenoxy) is 1. The molecule has 0 aliphatic carbocycles. The molecule has 0 unspecified atom stereocenters. The van der Waals surface area contributed by atoms with Crippen LogP contribution in [-0.4, -0.2) is 33.8 Å². The zero-order valence-electron chi connectivity index (χ0n) is 13.6. The van der Waals surface area contributed by atoms with Crippen molar-refractivity contribution >= 4 is 28.5 Å². The van der Waals surface area contributed by atoms with E-state index in [0.717, 1.165) is 10.6 Å². The first-order valence-corrected chi connectivity index (χ1v) is 8.32. The number of fused-ring (bicyclic) bond motifs is 1. The van der Waals surface area contributed by atoms with Gasteiger partial charge < -0.3 is 10.1 Å². The fraction of sp³-hybridized carbons (Fsp3) is 0.235. The maximum absolute atomic E-state index is 13.2. The Labute approximate surface area is 155 Å². The van der Waals surface area contributed by atoms with Crippen molar-refractivity contribution in [1.82, 2.24) is 14.5 Å². The van der Waals surface area contributed by atoms with Gasteiger partial charge in [0.1, 0.15) is 11.5 Å². The maximum atomic E-state index is 13.2. The minimum absolute atomic E-state index is 0.0708. The fourth-order valence-corrected chi connectivity index (χ4v) is 2.95. The van der Waals surface area contributed by atoms with Crippen LogP contribution >= 0.6 is 11.6 Å². The molecule has 3 heterocycles. The van der Waals surface area contributed by atoms with Gasteiger partial charge >= 0.3 is 11.9 Å². The fourth-order valence-electron chi connectivity index (χ4n) is 2.73. The van der Waals surface area contributed by atoms with Gasteiger partial charge in [0.25, 0.3) is 0 Å². The second-order valence-corrected chi connectivity index (χ2v) is 6.38. The molecule has 4 rings (SSSR count). The Kier molecular flexibility index (Phi) is 4.27. The normalized spacial score (nSPS) is 15.0. The minimum Gasteiger partial charge on any atom is -0.377 e. The molecule has 140 valence electrons. The molecule has 1 aliphatic heterocycles. The first-order chi connectivity index (χ1) is 12.8. The van der Waals surface area contributed by atoms with Crippen molar-refractivity contribution in [3.05, 3.63) is 57.6 Å². The van der Waals surface area contributed by atoms with Gasteiger partial charge in [0.15, 0.2) is 5.65 Å². The Bertz CT molecular complexity index is 1080. The van der Waals surface area contributed by atoms with Crippen LogP contribution in [0.2, 0.25) is 5.02 Å². The molecular weight excluding hydrogens is 385 g/mol. The van der Waals surface area contributed by atoms with Crippen molar-refractivity contribution in [3.8, 4) is 5.69 Å². The average molecular weight is 397 g/mol.